The van der Waals surface area contributed by atoms with Crippen LogP contribution in [0.3, 0.4) is 0 Å². The van der Waals surface area contributed by atoms with E-state index < -0.39 is 29.2 Å². The summed E-state index contributed by atoms with van der Waals surface area (Å²) in [6.45, 7) is 2.53. The number of amides is 2. The number of likely N-dealkylation sites (tertiary alicyclic amines) is 1. The molecule has 2 fully saturated rings. The smallest absolute Gasteiger partial charge is 0.276 e. The Balaban J connectivity index is 0.00000204. The molecule has 0 aromatic carbocycles. The molecule has 0 bridgehead atoms. The Hall–Kier alpha value is -2.06. The lowest BCUT2D eigenvalue weighted by molar-refractivity contribution is -0.893. The summed E-state index contributed by atoms with van der Waals surface area (Å²) in [5.74, 6) is -2.06. The molecule has 3 aliphatic rings. The van der Waals surface area contributed by atoms with Crippen LogP contribution in [0.4, 0.5) is 5.13 Å². The van der Waals surface area contributed by atoms with Gasteiger partial charge in [-0.15, -0.1) is 47.9 Å². The fourth-order valence-electron chi connectivity index (χ4n) is 4.41. The van der Waals surface area contributed by atoms with Crippen LogP contribution in [0.25, 0.3) is 0 Å². The van der Waals surface area contributed by atoms with Crippen molar-refractivity contribution in [3.05, 3.63) is 22.3 Å². The van der Waals surface area contributed by atoms with Gasteiger partial charge in [-0.25, -0.2) is 4.98 Å². The molecule has 11 nitrogen and oxygen atoms in total. The highest BCUT2D eigenvalue weighted by Gasteiger charge is 2.53. The van der Waals surface area contributed by atoms with Gasteiger partial charge < -0.3 is 30.3 Å². The predicted octanol–water partition coefficient (Wildman–Crippen LogP) is -0.436. The number of hydrogen-bond donors (Lipinski definition) is 2. The molecular weight excluding hydrogens is 527 g/mol. The van der Waals surface area contributed by atoms with E-state index in [1.807, 2.05) is 0 Å². The summed E-state index contributed by atoms with van der Waals surface area (Å²) in [6.07, 6.45) is 2.21. The third kappa shape index (κ3) is 5.28. The third-order valence-corrected chi connectivity index (χ3v) is 7.92. The van der Waals surface area contributed by atoms with Crippen LogP contribution >= 0.6 is 47.9 Å². The average Bonchev–Trinajstić information content (AvgIpc) is 3.37. The van der Waals surface area contributed by atoms with Gasteiger partial charge in [-0.1, -0.05) is 5.16 Å². The second kappa shape index (κ2) is 11.1. The van der Waals surface area contributed by atoms with E-state index in [0.29, 0.717) is 17.9 Å². The predicted molar refractivity (Wildman–Crippen MR) is 132 cm³/mol. The lowest BCUT2D eigenvalue weighted by Gasteiger charge is -2.51. The molecule has 2 saturated heterocycles. The molecule has 0 aliphatic carbocycles. The number of nitrogens with one attached hydrogen (secondary N) is 1. The van der Waals surface area contributed by atoms with Crippen molar-refractivity contribution < 1.29 is 28.8 Å². The van der Waals surface area contributed by atoms with E-state index in [1.165, 1.54) is 23.8 Å². The molecule has 0 radical (unpaired) electrons. The highest BCUT2D eigenvalue weighted by atomic mass is 35.5. The lowest BCUT2D eigenvalue weighted by atomic mass is 10.0. The Labute approximate surface area is 217 Å². The van der Waals surface area contributed by atoms with Crippen molar-refractivity contribution in [2.24, 2.45) is 5.16 Å². The van der Waals surface area contributed by atoms with Crippen LogP contribution in [-0.4, -0.2) is 88.8 Å². The number of carbonyl (C=O) groups is 3. The molecule has 1 aromatic heterocycles. The zero-order valence-electron chi connectivity index (χ0n) is 18.5. The van der Waals surface area contributed by atoms with E-state index >= 15 is 0 Å². The molecule has 0 saturated carbocycles. The molecule has 4 rings (SSSR count). The molecule has 3 aliphatic heterocycles. The number of halogens is 2. The first-order valence-electron chi connectivity index (χ1n) is 10.1. The Bertz CT molecular complexity index is 1030. The summed E-state index contributed by atoms with van der Waals surface area (Å²) in [5, 5.41) is 19.6. The van der Waals surface area contributed by atoms with Crippen molar-refractivity contribution in [3.63, 3.8) is 0 Å². The van der Waals surface area contributed by atoms with Gasteiger partial charge in [0.15, 0.2) is 10.8 Å². The summed E-state index contributed by atoms with van der Waals surface area (Å²) in [7, 11) is 3.39. The Morgan fingerprint density at radius 2 is 2.06 bits per heavy atom. The number of thiazole rings is 1. The average molecular weight is 553 g/mol. The third-order valence-electron chi connectivity index (χ3n) is 5.91. The highest BCUT2D eigenvalue weighted by Crippen LogP contribution is 2.41. The van der Waals surface area contributed by atoms with E-state index in [2.05, 4.69) is 22.5 Å². The van der Waals surface area contributed by atoms with Crippen LogP contribution < -0.4 is 16.2 Å². The van der Waals surface area contributed by atoms with Crippen LogP contribution in [0.5, 0.6) is 0 Å². The second-order valence-corrected chi connectivity index (χ2v) is 10.2. The number of carboxylic acids is 1. The zero-order chi connectivity index (χ0) is 23.0. The maximum absolute atomic E-state index is 12.9. The molecule has 0 spiro atoms. The van der Waals surface area contributed by atoms with Crippen LogP contribution in [0.15, 0.2) is 21.8 Å². The quantitative estimate of drug-likeness (QED) is 0.200. The molecule has 188 valence electrons. The van der Waals surface area contributed by atoms with E-state index in [0.717, 1.165) is 41.8 Å². The number of fused-ring (bicyclic) bond motifs is 1. The largest absolute Gasteiger partial charge is 0.543 e. The summed E-state index contributed by atoms with van der Waals surface area (Å²) in [5.41, 5.74) is 6.39. The van der Waals surface area contributed by atoms with Crippen LogP contribution in [0.1, 0.15) is 18.5 Å². The number of likely N-dealkylation sites (N-methyl/N-ethyl adjacent to an activating group) is 1. The van der Waals surface area contributed by atoms with Crippen molar-refractivity contribution in [1.82, 2.24) is 15.2 Å². The number of nitrogens with zero attached hydrogens (tertiary/aromatic N) is 4. The summed E-state index contributed by atoms with van der Waals surface area (Å²) < 4.78 is 0.757. The number of hydrogen-bond acceptors (Lipinski definition) is 10. The Kier molecular flexibility index (Phi) is 9.22. The standard InChI is InChI=1S/C19H24N6O5S2.2ClH/c1-25(5-3-4-6-25)7-10-8-31-17-13(16(27)24(17)14(10)18(28)29)22-15(26)12(23-30-2)11-9-32-19(20)21-11;;/h9,13,17H,3-8H2,1-2H3,(H3-,20,21,22,26,28,29);2*1H/b23-12+;;/t13-,17-;;/m1../s1. The fourth-order valence-corrected chi connectivity index (χ4v) is 6.30. The van der Waals surface area contributed by atoms with Gasteiger partial charge in [-0.05, 0) is 0 Å². The van der Waals surface area contributed by atoms with Gasteiger partial charge in [-0.2, -0.15) is 0 Å². The van der Waals surface area contributed by atoms with E-state index in [-0.39, 0.29) is 47.0 Å². The number of nitrogens with two attached hydrogens (primary N) is 1. The first kappa shape index (κ1) is 28.2. The monoisotopic (exact) mass is 552 g/mol. The number of aromatic nitrogens is 1. The Morgan fingerprint density at radius 1 is 1.38 bits per heavy atom. The number of quaternary nitrogens is 1. The molecule has 1 aromatic rings. The van der Waals surface area contributed by atoms with Crippen molar-refractivity contribution in [2.75, 3.05) is 45.3 Å². The minimum atomic E-state index is -1.37. The van der Waals surface area contributed by atoms with Gasteiger partial charge in [0.1, 0.15) is 30.8 Å². The van der Waals surface area contributed by atoms with Gasteiger partial charge in [0, 0.05) is 29.5 Å². The van der Waals surface area contributed by atoms with Gasteiger partial charge >= 0.3 is 0 Å². The maximum atomic E-state index is 12.9. The van der Waals surface area contributed by atoms with Crippen LogP contribution in [0, 0.1) is 0 Å². The van der Waals surface area contributed by atoms with Crippen molar-refractivity contribution in [3.8, 4) is 0 Å². The molecule has 3 N–H and O–H groups in total. The maximum Gasteiger partial charge on any atom is 0.276 e. The van der Waals surface area contributed by atoms with Crippen molar-refractivity contribution >= 4 is 76.5 Å². The summed E-state index contributed by atoms with van der Waals surface area (Å²) in [6, 6.07) is -0.891. The minimum Gasteiger partial charge on any atom is -0.543 e. The molecule has 34 heavy (non-hydrogen) atoms. The molecule has 2 amide bonds. The molecular formula is C19H26Cl2N6O5S2. The van der Waals surface area contributed by atoms with Gasteiger partial charge in [0.25, 0.3) is 11.8 Å². The van der Waals surface area contributed by atoms with Gasteiger partial charge in [0.2, 0.25) is 0 Å². The lowest BCUT2D eigenvalue weighted by Crippen LogP contribution is -2.71. The first-order chi connectivity index (χ1) is 15.2. The number of carboxylic acid groups (broad SMARTS) is 1. The van der Waals surface area contributed by atoms with Gasteiger partial charge in [-0.3, -0.25) is 14.5 Å². The molecule has 15 heteroatoms. The molecule has 0 unspecified atom stereocenters. The second-order valence-electron chi connectivity index (χ2n) is 8.23. The number of aliphatic carboxylic acids is 1. The van der Waals surface area contributed by atoms with E-state index in [9.17, 15) is 19.5 Å². The van der Waals surface area contributed by atoms with Crippen molar-refractivity contribution in [1.29, 1.82) is 0 Å². The fraction of sp³-hybridized carbons (Fsp3) is 0.526. The number of anilines is 1. The number of nitrogen functional groups attached to an aromatic ring is 1. The van der Waals surface area contributed by atoms with E-state index in [1.54, 1.807) is 5.38 Å². The van der Waals surface area contributed by atoms with Gasteiger partial charge in [0.05, 0.1) is 31.8 Å². The highest BCUT2D eigenvalue weighted by molar-refractivity contribution is 8.00. The summed E-state index contributed by atoms with van der Waals surface area (Å²) in [4.78, 5) is 47.7. The number of β-lactam (4-membered cyclic amide) rings is 1. The Morgan fingerprint density at radius 3 is 2.62 bits per heavy atom. The van der Waals surface area contributed by atoms with Crippen LogP contribution in [0.2, 0.25) is 0 Å². The molecule has 4 heterocycles. The van der Waals surface area contributed by atoms with Crippen molar-refractivity contribution in [2.45, 2.75) is 24.3 Å². The first-order valence-corrected chi connectivity index (χ1v) is 12.0. The number of rotatable bonds is 7. The summed E-state index contributed by atoms with van der Waals surface area (Å²) >= 11 is 2.57. The number of thioether (sulfide) groups is 1. The number of oxime groups is 1. The topological polar surface area (TPSA) is 150 Å². The number of carbonyl (C=O) groups excluding carboxylic acids is 3. The normalized spacial score (nSPS) is 23.3. The van der Waals surface area contributed by atoms with E-state index in [4.69, 9.17) is 10.6 Å². The zero-order valence-corrected chi connectivity index (χ0v) is 21.8. The SMILES string of the molecule is CO/N=C(/C(=O)N[C@@H]1C(=O)N2C(C(=O)[O-])=C(C[N+]3(C)CCCC3)CS[C@H]12)c1csc(N)n1.Cl.Cl. The minimum absolute atomic E-state index is 0. The van der Waals surface area contributed by atoms with Crippen LogP contribution in [-0.2, 0) is 19.2 Å². The molecule has 2 atom stereocenters.